The number of nitrogens with zero attached hydrogens (tertiary/aromatic N) is 1. The third kappa shape index (κ3) is 2.86. The number of ether oxygens (including phenoxy) is 1. The van der Waals surface area contributed by atoms with Crippen LogP contribution < -0.4 is 0 Å². The van der Waals surface area contributed by atoms with Gasteiger partial charge in [-0.3, -0.25) is 19.3 Å². The summed E-state index contributed by atoms with van der Waals surface area (Å²) in [5.74, 6) is -1.50. The summed E-state index contributed by atoms with van der Waals surface area (Å²) in [5.41, 5.74) is 2.54. The fourth-order valence-corrected chi connectivity index (χ4v) is 5.17. The van der Waals surface area contributed by atoms with Gasteiger partial charge in [0.25, 0.3) is 0 Å². The van der Waals surface area contributed by atoms with Crippen molar-refractivity contribution in [3.63, 3.8) is 0 Å². The lowest BCUT2D eigenvalue weighted by molar-refractivity contribution is -0.157. The Morgan fingerprint density at radius 3 is 2.25 bits per heavy atom. The summed E-state index contributed by atoms with van der Waals surface area (Å²) in [7, 11) is 0. The minimum Gasteiger partial charge on any atom is -0.456 e. The number of esters is 1. The van der Waals surface area contributed by atoms with E-state index in [0.29, 0.717) is 5.56 Å². The highest BCUT2D eigenvalue weighted by Crippen LogP contribution is 2.56. The first kappa shape index (κ1) is 18.8. The molecule has 1 saturated heterocycles. The number of hydrogen-bond acceptors (Lipinski definition) is 5. The Bertz CT molecular complexity index is 848. The van der Waals surface area contributed by atoms with Crippen LogP contribution >= 0.6 is 0 Å². The van der Waals surface area contributed by atoms with Crippen LogP contribution in [0.5, 0.6) is 0 Å². The second-order valence-corrected chi connectivity index (χ2v) is 8.44. The van der Waals surface area contributed by atoms with Gasteiger partial charge in [-0.15, -0.1) is 0 Å². The fraction of sp³-hybridized carbons (Fsp3) is 0.545. The van der Waals surface area contributed by atoms with Crippen LogP contribution in [0.3, 0.4) is 0 Å². The van der Waals surface area contributed by atoms with Gasteiger partial charge in [-0.2, -0.15) is 0 Å². The number of benzene rings is 1. The first-order valence-corrected chi connectivity index (χ1v) is 9.93. The molecule has 1 aromatic carbocycles. The summed E-state index contributed by atoms with van der Waals surface area (Å²) in [5, 5.41) is 0. The maximum atomic E-state index is 12.8. The van der Waals surface area contributed by atoms with Crippen LogP contribution in [-0.4, -0.2) is 41.1 Å². The smallest absolute Gasteiger partial charge is 0.329 e. The second-order valence-electron chi connectivity index (χ2n) is 8.44. The van der Waals surface area contributed by atoms with E-state index in [1.165, 1.54) is 6.92 Å². The average Bonchev–Trinajstić information content (AvgIpc) is 3.35. The molecule has 2 amide bonds. The molecule has 6 heteroatoms. The number of fused-ring (bicyclic) bond motifs is 5. The van der Waals surface area contributed by atoms with E-state index in [2.05, 4.69) is 0 Å². The second kappa shape index (κ2) is 6.83. The van der Waals surface area contributed by atoms with Gasteiger partial charge in [0, 0.05) is 5.56 Å². The summed E-state index contributed by atoms with van der Waals surface area (Å²) >= 11 is 0. The molecule has 0 aromatic heterocycles. The minimum absolute atomic E-state index is 0.243. The lowest BCUT2D eigenvalue weighted by Gasteiger charge is -2.23. The summed E-state index contributed by atoms with van der Waals surface area (Å²) < 4.78 is 5.16. The highest BCUT2D eigenvalue weighted by Gasteiger charge is 2.62. The van der Waals surface area contributed by atoms with Gasteiger partial charge in [0.2, 0.25) is 11.8 Å². The number of Topliss-reactive ketones (excluding diaryl/α,β-unsaturated/α-hetero) is 1. The van der Waals surface area contributed by atoms with Crippen molar-refractivity contribution in [2.45, 2.75) is 46.1 Å². The summed E-state index contributed by atoms with van der Waals surface area (Å²) in [4.78, 5) is 51.4. The molecule has 1 aliphatic heterocycles. The number of carbonyl (C=O) groups is 4. The first-order chi connectivity index (χ1) is 13.3. The lowest BCUT2D eigenvalue weighted by atomic mass is 9.81. The van der Waals surface area contributed by atoms with Crippen molar-refractivity contribution in [2.24, 2.45) is 23.7 Å². The molecule has 2 saturated carbocycles. The molecule has 2 aliphatic carbocycles. The van der Waals surface area contributed by atoms with E-state index in [4.69, 9.17) is 4.74 Å². The van der Waals surface area contributed by atoms with Gasteiger partial charge < -0.3 is 4.74 Å². The number of likely N-dealkylation sites (tertiary alicyclic amines) is 1. The molecule has 6 nitrogen and oxygen atoms in total. The van der Waals surface area contributed by atoms with Crippen LogP contribution in [0, 0.1) is 37.5 Å². The Labute approximate surface area is 164 Å². The Morgan fingerprint density at radius 1 is 1.07 bits per heavy atom. The van der Waals surface area contributed by atoms with E-state index < -0.39 is 18.6 Å². The third-order valence-corrected chi connectivity index (χ3v) is 6.86. The van der Waals surface area contributed by atoms with E-state index in [-0.39, 0.29) is 41.3 Å². The Kier molecular flexibility index (Phi) is 4.60. The van der Waals surface area contributed by atoms with Crippen molar-refractivity contribution in [3.8, 4) is 0 Å². The molecule has 28 heavy (non-hydrogen) atoms. The van der Waals surface area contributed by atoms with Gasteiger partial charge in [0.15, 0.2) is 12.4 Å². The van der Waals surface area contributed by atoms with Crippen molar-refractivity contribution < 1.29 is 23.9 Å². The number of aryl methyl sites for hydroxylation is 2. The SMILES string of the molecule is Cc1ccc(C(=O)COC(=O)[C@H](C)N2C(=O)[C@@H]3[C@@H]4CC[C@H](C4)[C@@H]3C2=O)cc1C. The first-order valence-electron chi connectivity index (χ1n) is 9.93. The molecule has 1 heterocycles. The maximum Gasteiger partial charge on any atom is 0.329 e. The van der Waals surface area contributed by atoms with Gasteiger partial charge in [0.1, 0.15) is 6.04 Å². The van der Waals surface area contributed by atoms with Crippen LogP contribution in [0.1, 0.15) is 47.7 Å². The minimum atomic E-state index is -1.00. The molecular weight excluding hydrogens is 358 g/mol. The van der Waals surface area contributed by atoms with Crippen LogP contribution in [0.4, 0.5) is 0 Å². The predicted molar refractivity (Wildman–Crippen MR) is 100 cm³/mol. The van der Waals surface area contributed by atoms with Crippen LogP contribution in [0.2, 0.25) is 0 Å². The molecule has 3 aliphatic rings. The van der Waals surface area contributed by atoms with Crippen LogP contribution in [-0.2, 0) is 19.1 Å². The van der Waals surface area contributed by atoms with Gasteiger partial charge in [-0.25, -0.2) is 4.79 Å². The zero-order valence-corrected chi connectivity index (χ0v) is 16.4. The number of hydrogen-bond donors (Lipinski definition) is 0. The van der Waals surface area contributed by atoms with Gasteiger partial charge in [-0.1, -0.05) is 12.1 Å². The Hall–Kier alpha value is -2.50. The lowest BCUT2D eigenvalue weighted by Crippen LogP contribution is -2.45. The number of carbonyl (C=O) groups excluding carboxylic acids is 4. The van der Waals surface area contributed by atoms with Crippen molar-refractivity contribution in [3.05, 3.63) is 34.9 Å². The van der Waals surface area contributed by atoms with Crippen LogP contribution in [0.15, 0.2) is 18.2 Å². The molecule has 3 fully saturated rings. The quantitative estimate of drug-likeness (QED) is 0.443. The topological polar surface area (TPSA) is 80.8 Å². The Morgan fingerprint density at radius 2 is 1.68 bits per heavy atom. The highest BCUT2D eigenvalue weighted by atomic mass is 16.5. The number of imide groups is 1. The van der Waals surface area contributed by atoms with Gasteiger partial charge >= 0.3 is 5.97 Å². The molecule has 2 bridgehead atoms. The Balaban J connectivity index is 1.40. The van der Waals surface area contributed by atoms with E-state index in [1.54, 1.807) is 12.1 Å². The van der Waals surface area contributed by atoms with Crippen molar-refractivity contribution in [2.75, 3.05) is 6.61 Å². The fourth-order valence-electron chi connectivity index (χ4n) is 5.17. The monoisotopic (exact) mass is 383 g/mol. The van der Waals surface area contributed by atoms with E-state index >= 15 is 0 Å². The van der Waals surface area contributed by atoms with Gasteiger partial charge in [0.05, 0.1) is 11.8 Å². The molecule has 0 unspecified atom stereocenters. The summed E-state index contributed by atoms with van der Waals surface area (Å²) in [6.07, 6.45) is 2.92. The molecule has 0 spiro atoms. The molecule has 4 rings (SSSR count). The van der Waals surface area contributed by atoms with E-state index in [1.807, 2.05) is 19.9 Å². The van der Waals surface area contributed by atoms with Crippen LogP contribution in [0.25, 0.3) is 0 Å². The normalized spacial score (nSPS) is 29.2. The molecular formula is C22H25NO5. The summed E-state index contributed by atoms with van der Waals surface area (Å²) in [6, 6.07) is 4.31. The molecule has 0 radical (unpaired) electrons. The third-order valence-electron chi connectivity index (χ3n) is 6.86. The average molecular weight is 383 g/mol. The number of ketones is 1. The van der Waals surface area contributed by atoms with E-state index in [9.17, 15) is 19.2 Å². The summed E-state index contributed by atoms with van der Waals surface area (Å²) in [6.45, 7) is 4.97. The van der Waals surface area contributed by atoms with Crippen molar-refractivity contribution in [1.29, 1.82) is 0 Å². The standard InChI is InChI=1S/C22H25NO5/c1-11-4-5-14(8-12(11)2)17(24)10-28-22(27)13(3)23-20(25)18-15-6-7-16(9-15)19(18)21(23)26/h4-5,8,13,15-16,18-19H,6-7,9-10H2,1-3H3/t13-,15+,16+,18-,19+/m0/s1. The van der Waals surface area contributed by atoms with Gasteiger partial charge in [-0.05, 0) is 69.1 Å². The zero-order chi connectivity index (χ0) is 20.2. The molecule has 0 N–H and O–H groups in total. The maximum absolute atomic E-state index is 12.8. The zero-order valence-electron chi connectivity index (χ0n) is 16.4. The number of amides is 2. The predicted octanol–water partition coefficient (Wildman–Crippen LogP) is 2.45. The number of rotatable bonds is 5. The van der Waals surface area contributed by atoms with E-state index in [0.717, 1.165) is 35.3 Å². The largest absolute Gasteiger partial charge is 0.456 e. The molecule has 5 atom stereocenters. The van der Waals surface area contributed by atoms with Crippen molar-refractivity contribution in [1.82, 2.24) is 4.90 Å². The molecule has 1 aromatic rings. The molecule has 148 valence electrons. The highest BCUT2D eigenvalue weighted by molar-refractivity contribution is 6.08. The van der Waals surface area contributed by atoms with Crippen molar-refractivity contribution >= 4 is 23.6 Å².